The average molecular weight is 558 g/mol. The number of aryl methyl sites for hydroxylation is 2. The fourth-order valence-electron chi connectivity index (χ4n) is 5.17. The van der Waals surface area contributed by atoms with E-state index in [1.807, 2.05) is 50.2 Å². The first kappa shape index (κ1) is 29.3. The van der Waals surface area contributed by atoms with E-state index in [0.29, 0.717) is 16.5 Å². The minimum atomic E-state index is -0.509. The Morgan fingerprint density at radius 3 is 1.88 bits per heavy atom. The highest BCUT2D eigenvalue weighted by atomic mass is 35.5. The Morgan fingerprint density at radius 1 is 0.750 bits per heavy atom. The Hall–Kier alpha value is -3.67. The molecule has 0 radical (unpaired) electrons. The average Bonchev–Trinajstić information content (AvgIpc) is 3.42. The molecule has 5 rings (SSSR count). The summed E-state index contributed by atoms with van der Waals surface area (Å²) in [5.74, 6) is -0.570. The van der Waals surface area contributed by atoms with Gasteiger partial charge in [-0.2, -0.15) is 0 Å². The van der Waals surface area contributed by atoms with Crippen molar-refractivity contribution in [2.24, 2.45) is 0 Å². The number of halogens is 1. The molecule has 40 heavy (non-hydrogen) atoms. The minimum absolute atomic E-state index is 0. The maximum absolute atomic E-state index is 13.2. The molecule has 0 amide bonds. The van der Waals surface area contributed by atoms with E-state index in [-0.39, 0.29) is 29.3 Å². The highest BCUT2D eigenvalue weighted by Crippen LogP contribution is 2.39. The van der Waals surface area contributed by atoms with E-state index in [1.165, 1.54) is 18.4 Å². The molecule has 1 fully saturated rings. The summed E-state index contributed by atoms with van der Waals surface area (Å²) in [6.07, 6.45) is 2.52. The number of carbonyl (C=O) groups excluding carboxylic acids is 2. The Kier molecular flexibility index (Phi) is 8.97. The van der Waals surface area contributed by atoms with Crippen LogP contribution in [0, 0.1) is 13.8 Å². The van der Waals surface area contributed by atoms with Crippen molar-refractivity contribution in [1.29, 1.82) is 0 Å². The molecule has 208 valence electrons. The zero-order chi connectivity index (χ0) is 27.6. The van der Waals surface area contributed by atoms with Crippen LogP contribution in [0.15, 0.2) is 78.9 Å². The number of hydrogen-bond acceptors (Lipinski definition) is 5. The maximum Gasteiger partial charge on any atom is 0.343 e. The lowest BCUT2D eigenvalue weighted by Crippen LogP contribution is -2.35. The molecular formula is C34H36ClNO4. The van der Waals surface area contributed by atoms with E-state index in [9.17, 15) is 9.59 Å². The Labute approximate surface area is 242 Å². The van der Waals surface area contributed by atoms with Crippen LogP contribution in [0.25, 0.3) is 10.8 Å². The van der Waals surface area contributed by atoms with Gasteiger partial charge in [0.2, 0.25) is 0 Å². The van der Waals surface area contributed by atoms with Crippen LogP contribution < -0.4 is 9.47 Å². The van der Waals surface area contributed by atoms with E-state index < -0.39 is 11.9 Å². The van der Waals surface area contributed by atoms with Gasteiger partial charge >= 0.3 is 11.9 Å². The summed E-state index contributed by atoms with van der Waals surface area (Å²) in [7, 11) is 0. The molecule has 0 aromatic heterocycles. The minimum Gasteiger partial charge on any atom is -0.419 e. The molecule has 0 aliphatic carbocycles. The van der Waals surface area contributed by atoms with Crippen molar-refractivity contribution in [3.8, 4) is 11.5 Å². The van der Waals surface area contributed by atoms with Crippen LogP contribution in [-0.4, -0.2) is 36.5 Å². The molecule has 1 heterocycles. The van der Waals surface area contributed by atoms with Gasteiger partial charge in [0.25, 0.3) is 0 Å². The highest BCUT2D eigenvalue weighted by molar-refractivity contribution is 5.99. The molecule has 1 saturated heterocycles. The van der Waals surface area contributed by atoms with Gasteiger partial charge in [0, 0.05) is 17.3 Å². The summed E-state index contributed by atoms with van der Waals surface area (Å²) < 4.78 is 11.7. The Morgan fingerprint density at radius 2 is 1.30 bits per heavy atom. The molecule has 4 aromatic rings. The van der Waals surface area contributed by atoms with Crippen molar-refractivity contribution in [3.05, 3.63) is 107 Å². The summed E-state index contributed by atoms with van der Waals surface area (Å²) in [4.78, 5) is 28.7. The molecule has 1 aliphatic heterocycles. The lowest BCUT2D eigenvalue weighted by Gasteiger charge is -2.31. The van der Waals surface area contributed by atoms with Crippen LogP contribution >= 0.6 is 12.4 Å². The van der Waals surface area contributed by atoms with Crippen molar-refractivity contribution in [1.82, 2.24) is 4.90 Å². The van der Waals surface area contributed by atoms with Crippen molar-refractivity contribution >= 4 is 35.1 Å². The summed E-state index contributed by atoms with van der Waals surface area (Å²) in [5, 5.41) is 1.63. The first-order valence-electron chi connectivity index (χ1n) is 13.6. The summed E-state index contributed by atoms with van der Waals surface area (Å²) in [5.41, 5.74) is 4.12. The third kappa shape index (κ3) is 6.55. The highest BCUT2D eigenvalue weighted by Gasteiger charge is 2.27. The first-order chi connectivity index (χ1) is 18.7. The van der Waals surface area contributed by atoms with E-state index in [1.54, 1.807) is 30.3 Å². The Balaban J connectivity index is 0.00000370. The van der Waals surface area contributed by atoms with Crippen LogP contribution in [0.1, 0.15) is 64.1 Å². The van der Waals surface area contributed by atoms with Crippen molar-refractivity contribution in [2.75, 3.05) is 19.6 Å². The van der Waals surface area contributed by atoms with Crippen LogP contribution in [0.5, 0.6) is 11.5 Å². The van der Waals surface area contributed by atoms with E-state index in [4.69, 9.17) is 9.47 Å². The number of ether oxygens (including phenoxy) is 2. The molecule has 1 aliphatic rings. The van der Waals surface area contributed by atoms with Crippen molar-refractivity contribution in [2.45, 2.75) is 46.0 Å². The molecule has 0 atom stereocenters. The fraction of sp³-hybridized carbons (Fsp3) is 0.294. The van der Waals surface area contributed by atoms with E-state index >= 15 is 0 Å². The zero-order valence-corrected chi connectivity index (χ0v) is 24.3. The number of esters is 2. The normalized spacial score (nSPS) is 13.6. The molecule has 6 heteroatoms. The van der Waals surface area contributed by atoms with E-state index in [2.05, 4.69) is 30.9 Å². The molecule has 0 spiro atoms. The van der Waals surface area contributed by atoms with Gasteiger partial charge in [0.1, 0.15) is 0 Å². The van der Waals surface area contributed by atoms with E-state index in [0.717, 1.165) is 36.1 Å². The third-order valence-electron chi connectivity index (χ3n) is 7.51. The van der Waals surface area contributed by atoms with Gasteiger partial charge < -0.3 is 14.4 Å². The standard InChI is InChI=1S/C34H35NO4.ClH/c1-23-7-11-25(12-8-23)32(36)38-30-18-15-27-21-28(34(3,4)22-35-19-5-6-20-35)16-17-29(27)31(30)39-33(37)26-13-9-24(2)10-14-26;/h7-18,21H,5-6,19-20,22H2,1-4H3;1H. The number of likely N-dealkylation sites (tertiary alicyclic amines) is 1. The van der Waals surface area contributed by atoms with Gasteiger partial charge in [-0.15, -0.1) is 12.4 Å². The second kappa shape index (κ2) is 12.2. The summed E-state index contributed by atoms with van der Waals surface area (Å²) in [6.45, 7) is 11.7. The van der Waals surface area contributed by atoms with Gasteiger partial charge in [-0.25, -0.2) is 9.59 Å². The maximum atomic E-state index is 13.2. The molecule has 0 N–H and O–H groups in total. The monoisotopic (exact) mass is 557 g/mol. The number of carbonyl (C=O) groups is 2. The third-order valence-corrected chi connectivity index (χ3v) is 7.51. The molecular weight excluding hydrogens is 522 g/mol. The SMILES string of the molecule is Cc1ccc(C(=O)Oc2ccc3cc(C(C)(C)CN4CCCC4)ccc3c2OC(=O)c2ccc(C)cc2)cc1.Cl. The second-order valence-electron chi connectivity index (χ2n) is 11.2. The number of hydrogen-bond donors (Lipinski definition) is 0. The smallest absolute Gasteiger partial charge is 0.343 e. The largest absolute Gasteiger partial charge is 0.419 e. The molecule has 0 unspecified atom stereocenters. The number of fused-ring (bicyclic) bond motifs is 1. The Bertz CT molecular complexity index is 1500. The van der Waals surface area contributed by atoms with Gasteiger partial charge in [-0.1, -0.05) is 73.5 Å². The van der Waals surface area contributed by atoms with Crippen LogP contribution in [-0.2, 0) is 5.41 Å². The summed E-state index contributed by atoms with van der Waals surface area (Å²) >= 11 is 0. The van der Waals surface area contributed by atoms with Gasteiger partial charge in [0.15, 0.2) is 11.5 Å². The first-order valence-corrected chi connectivity index (χ1v) is 13.6. The van der Waals surface area contributed by atoms with Crippen LogP contribution in [0.2, 0.25) is 0 Å². The number of nitrogens with zero attached hydrogens (tertiary/aromatic N) is 1. The van der Waals surface area contributed by atoms with Crippen molar-refractivity contribution < 1.29 is 19.1 Å². The van der Waals surface area contributed by atoms with Crippen molar-refractivity contribution in [3.63, 3.8) is 0 Å². The fourth-order valence-corrected chi connectivity index (χ4v) is 5.17. The predicted octanol–water partition coefficient (Wildman–Crippen LogP) is 7.69. The van der Waals surface area contributed by atoms with Gasteiger partial charge in [-0.05, 0) is 81.1 Å². The topological polar surface area (TPSA) is 55.8 Å². The second-order valence-corrected chi connectivity index (χ2v) is 11.2. The zero-order valence-electron chi connectivity index (χ0n) is 23.5. The quantitative estimate of drug-likeness (QED) is 0.172. The molecule has 0 bridgehead atoms. The predicted molar refractivity (Wildman–Crippen MR) is 162 cm³/mol. The molecule has 5 nitrogen and oxygen atoms in total. The lowest BCUT2D eigenvalue weighted by atomic mass is 9.83. The van der Waals surface area contributed by atoms with Gasteiger partial charge in [0.05, 0.1) is 11.1 Å². The molecule has 4 aromatic carbocycles. The lowest BCUT2D eigenvalue weighted by molar-refractivity contribution is 0.0684. The summed E-state index contributed by atoms with van der Waals surface area (Å²) in [6, 6.07) is 24.2. The molecule has 0 saturated carbocycles. The van der Waals surface area contributed by atoms with Crippen LogP contribution in [0.4, 0.5) is 0 Å². The van der Waals surface area contributed by atoms with Crippen LogP contribution in [0.3, 0.4) is 0 Å². The van der Waals surface area contributed by atoms with Gasteiger partial charge in [-0.3, -0.25) is 0 Å². The number of benzene rings is 4. The number of rotatable bonds is 7.